The van der Waals surface area contributed by atoms with Gasteiger partial charge >= 0.3 is 0 Å². The molecule has 2 rings (SSSR count). The third kappa shape index (κ3) is 6.45. The average Bonchev–Trinajstić information content (AvgIpc) is 3.24. The van der Waals surface area contributed by atoms with Crippen LogP contribution in [0.1, 0.15) is 30.5 Å². The number of likely N-dealkylation sites (N-methyl/N-ethyl adjacent to an activating group) is 1. The number of hydrogen-bond acceptors (Lipinski definition) is 4. The predicted molar refractivity (Wildman–Crippen MR) is 112 cm³/mol. The number of thiophene rings is 1. The Labute approximate surface area is 165 Å². The molecular weight excluding hydrogens is 435 g/mol. The summed E-state index contributed by atoms with van der Waals surface area (Å²) in [6, 6.07) is 8.23. The monoisotopic (exact) mass is 462 g/mol. The minimum absolute atomic E-state index is 0. The zero-order valence-electron chi connectivity index (χ0n) is 14.3. The fourth-order valence-corrected chi connectivity index (χ4v) is 3.25. The molecule has 24 heavy (non-hydrogen) atoms. The van der Waals surface area contributed by atoms with Crippen molar-refractivity contribution in [2.45, 2.75) is 26.3 Å². The third-order valence-corrected chi connectivity index (χ3v) is 4.75. The Bertz CT molecular complexity index is 567. The highest BCUT2D eigenvalue weighted by molar-refractivity contribution is 14.0. The van der Waals surface area contributed by atoms with Gasteiger partial charge in [0.2, 0.25) is 0 Å². The number of guanidine groups is 1. The van der Waals surface area contributed by atoms with Gasteiger partial charge in [-0.05, 0) is 43.1 Å². The predicted octanol–water partition coefficient (Wildman–Crippen LogP) is 3.49. The van der Waals surface area contributed by atoms with Crippen molar-refractivity contribution in [3.8, 4) is 0 Å². The van der Waals surface area contributed by atoms with Crippen molar-refractivity contribution in [3.63, 3.8) is 0 Å². The number of hydrogen-bond donors (Lipinski definition) is 2. The van der Waals surface area contributed by atoms with E-state index in [1.807, 2.05) is 12.1 Å². The molecular formula is C17H27IN4OS. The molecule has 1 unspecified atom stereocenters. The molecule has 1 atom stereocenters. The van der Waals surface area contributed by atoms with Crippen LogP contribution in [0, 0.1) is 0 Å². The van der Waals surface area contributed by atoms with Crippen LogP contribution in [0.15, 0.2) is 45.3 Å². The summed E-state index contributed by atoms with van der Waals surface area (Å²) in [5.74, 6) is 1.43. The summed E-state index contributed by atoms with van der Waals surface area (Å²) in [6.45, 7) is 7.57. The molecule has 2 aromatic heterocycles. The van der Waals surface area contributed by atoms with Gasteiger partial charge in [0, 0.05) is 11.4 Å². The number of nitrogens with two attached hydrogens (primary N) is 1. The number of furan rings is 1. The number of rotatable bonds is 9. The molecule has 3 N–H and O–H groups in total. The second kappa shape index (κ2) is 11.5. The van der Waals surface area contributed by atoms with Gasteiger partial charge in [0.1, 0.15) is 5.76 Å². The van der Waals surface area contributed by atoms with Crippen LogP contribution < -0.4 is 11.1 Å². The molecule has 134 valence electrons. The lowest BCUT2D eigenvalue weighted by Crippen LogP contribution is -2.35. The first-order valence-corrected chi connectivity index (χ1v) is 8.96. The van der Waals surface area contributed by atoms with Crippen molar-refractivity contribution in [2.24, 2.45) is 10.7 Å². The second-order valence-corrected chi connectivity index (χ2v) is 6.27. The van der Waals surface area contributed by atoms with Gasteiger partial charge in [-0.15, -0.1) is 35.3 Å². The summed E-state index contributed by atoms with van der Waals surface area (Å²) in [5, 5.41) is 5.27. The van der Waals surface area contributed by atoms with E-state index in [0.717, 1.165) is 31.8 Å². The van der Waals surface area contributed by atoms with Crippen molar-refractivity contribution in [1.82, 2.24) is 10.2 Å². The highest BCUT2D eigenvalue weighted by Crippen LogP contribution is 2.21. The summed E-state index contributed by atoms with van der Waals surface area (Å²) in [7, 11) is 0. The van der Waals surface area contributed by atoms with Gasteiger partial charge in [-0.1, -0.05) is 19.9 Å². The standard InChI is InChI=1S/C17H26N4OS.HI/c1-3-21(4-2)15(16-8-5-11-22-16)13-20-17(18)19-10-9-14-7-6-12-23-14;/h5-8,11-12,15H,3-4,9-10,13H2,1-2H3,(H3,18,19,20);1H. The van der Waals surface area contributed by atoms with E-state index < -0.39 is 0 Å². The van der Waals surface area contributed by atoms with E-state index in [2.05, 4.69) is 46.6 Å². The fourth-order valence-electron chi connectivity index (χ4n) is 2.54. The number of aliphatic imine (C=N–C) groups is 1. The van der Waals surface area contributed by atoms with Gasteiger partial charge in [-0.3, -0.25) is 9.89 Å². The molecule has 0 radical (unpaired) electrons. The minimum Gasteiger partial charge on any atom is -0.468 e. The Kier molecular flexibility index (Phi) is 10.0. The summed E-state index contributed by atoms with van der Waals surface area (Å²) >= 11 is 1.76. The molecule has 0 amide bonds. The van der Waals surface area contributed by atoms with E-state index >= 15 is 0 Å². The molecule has 7 heteroatoms. The van der Waals surface area contributed by atoms with Crippen LogP contribution in [-0.2, 0) is 6.42 Å². The Hall–Kier alpha value is -1.06. The topological polar surface area (TPSA) is 66.8 Å². The lowest BCUT2D eigenvalue weighted by molar-refractivity contribution is 0.198. The lowest BCUT2D eigenvalue weighted by atomic mass is 10.2. The van der Waals surface area contributed by atoms with Gasteiger partial charge in [-0.25, -0.2) is 0 Å². The summed E-state index contributed by atoms with van der Waals surface area (Å²) in [5.41, 5.74) is 5.99. The van der Waals surface area contributed by atoms with Gasteiger partial charge in [0.15, 0.2) is 5.96 Å². The van der Waals surface area contributed by atoms with Crippen LogP contribution in [-0.4, -0.2) is 37.0 Å². The Balaban J connectivity index is 0.00000288. The zero-order valence-corrected chi connectivity index (χ0v) is 17.4. The first-order valence-electron chi connectivity index (χ1n) is 8.08. The molecule has 0 aliphatic carbocycles. The van der Waals surface area contributed by atoms with E-state index in [9.17, 15) is 0 Å². The van der Waals surface area contributed by atoms with Gasteiger partial charge in [-0.2, -0.15) is 0 Å². The van der Waals surface area contributed by atoms with Crippen LogP contribution >= 0.6 is 35.3 Å². The van der Waals surface area contributed by atoms with Crippen molar-refractivity contribution >= 4 is 41.3 Å². The first-order chi connectivity index (χ1) is 11.2. The van der Waals surface area contributed by atoms with Crippen LogP contribution in [0.3, 0.4) is 0 Å². The van der Waals surface area contributed by atoms with Gasteiger partial charge < -0.3 is 15.5 Å². The van der Waals surface area contributed by atoms with Crippen LogP contribution in [0.5, 0.6) is 0 Å². The molecule has 0 saturated carbocycles. The Morgan fingerprint density at radius 3 is 2.71 bits per heavy atom. The van der Waals surface area contributed by atoms with E-state index in [1.165, 1.54) is 4.88 Å². The molecule has 0 saturated heterocycles. The zero-order chi connectivity index (χ0) is 16.5. The minimum atomic E-state index is 0. The summed E-state index contributed by atoms with van der Waals surface area (Å²) in [4.78, 5) is 8.17. The summed E-state index contributed by atoms with van der Waals surface area (Å²) < 4.78 is 5.57. The molecule has 2 aromatic rings. The highest BCUT2D eigenvalue weighted by atomic mass is 127. The number of halogens is 1. The SMILES string of the molecule is CCN(CC)C(CN=C(N)NCCc1cccs1)c1ccco1.I. The lowest BCUT2D eigenvalue weighted by Gasteiger charge is -2.26. The molecule has 0 aromatic carbocycles. The third-order valence-electron chi connectivity index (χ3n) is 3.82. The quantitative estimate of drug-likeness (QED) is 0.340. The Morgan fingerprint density at radius 2 is 2.12 bits per heavy atom. The van der Waals surface area contributed by atoms with Crippen LogP contribution in [0.25, 0.3) is 0 Å². The van der Waals surface area contributed by atoms with Crippen molar-refractivity contribution in [1.29, 1.82) is 0 Å². The van der Waals surface area contributed by atoms with Crippen molar-refractivity contribution < 1.29 is 4.42 Å². The maximum Gasteiger partial charge on any atom is 0.188 e. The molecule has 0 spiro atoms. The van der Waals surface area contributed by atoms with E-state index in [0.29, 0.717) is 12.5 Å². The van der Waals surface area contributed by atoms with Gasteiger partial charge in [0.25, 0.3) is 0 Å². The molecule has 0 fully saturated rings. The normalized spacial score (nSPS) is 12.9. The number of nitrogens with zero attached hydrogens (tertiary/aromatic N) is 2. The van der Waals surface area contributed by atoms with E-state index in [4.69, 9.17) is 10.2 Å². The van der Waals surface area contributed by atoms with E-state index in [1.54, 1.807) is 17.6 Å². The molecule has 0 aliphatic rings. The fraction of sp³-hybridized carbons (Fsp3) is 0.471. The number of nitrogens with one attached hydrogen (secondary N) is 1. The van der Waals surface area contributed by atoms with Crippen molar-refractivity contribution in [3.05, 3.63) is 46.5 Å². The van der Waals surface area contributed by atoms with Crippen molar-refractivity contribution in [2.75, 3.05) is 26.2 Å². The Morgan fingerprint density at radius 1 is 1.33 bits per heavy atom. The molecule has 2 heterocycles. The summed E-state index contributed by atoms with van der Waals surface area (Å²) in [6.07, 6.45) is 2.67. The smallest absolute Gasteiger partial charge is 0.188 e. The van der Waals surface area contributed by atoms with Gasteiger partial charge in [0.05, 0.1) is 18.8 Å². The maximum atomic E-state index is 5.99. The second-order valence-electron chi connectivity index (χ2n) is 5.23. The molecule has 5 nitrogen and oxygen atoms in total. The maximum absolute atomic E-state index is 5.99. The molecule has 0 bridgehead atoms. The van der Waals surface area contributed by atoms with Crippen LogP contribution in [0.2, 0.25) is 0 Å². The first kappa shape index (κ1) is 21.0. The van der Waals surface area contributed by atoms with Crippen LogP contribution in [0.4, 0.5) is 0 Å². The largest absolute Gasteiger partial charge is 0.468 e. The average molecular weight is 462 g/mol. The van der Waals surface area contributed by atoms with E-state index in [-0.39, 0.29) is 30.0 Å². The molecule has 0 aliphatic heterocycles. The highest BCUT2D eigenvalue weighted by Gasteiger charge is 2.20.